The van der Waals surface area contributed by atoms with Crippen LogP contribution >= 0.6 is 15.9 Å². The highest BCUT2D eigenvalue weighted by Gasteiger charge is 2.22. The number of aliphatic hydroxyl groups excluding tert-OH is 1. The number of aliphatic hydroxyl groups is 1. The minimum Gasteiger partial charge on any atom is -0.393 e. The Morgan fingerprint density at radius 2 is 2.00 bits per heavy atom. The van der Waals surface area contributed by atoms with Crippen molar-refractivity contribution in [1.29, 1.82) is 0 Å². The molecule has 1 aromatic rings. The average molecular weight is 327 g/mol. The molecule has 1 saturated carbocycles. The minimum absolute atomic E-state index is 0.149. The lowest BCUT2D eigenvalue weighted by Crippen LogP contribution is -2.37. The van der Waals surface area contributed by atoms with Crippen LogP contribution in [0.25, 0.3) is 0 Å². The highest BCUT2D eigenvalue weighted by atomic mass is 79.9. The van der Waals surface area contributed by atoms with Crippen molar-refractivity contribution in [1.82, 2.24) is 10.6 Å². The lowest BCUT2D eigenvalue weighted by molar-refractivity contribution is 0.177. The van der Waals surface area contributed by atoms with Gasteiger partial charge in [-0.3, -0.25) is 0 Å². The smallest absolute Gasteiger partial charge is 0.315 e. The molecule has 19 heavy (non-hydrogen) atoms. The van der Waals surface area contributed by atoms with Crippen molar-refractivity contribution in [2.75, 3.05) is 6.54 Å². The molecule has 0 heterocycles. The summed E-state index contributed by atoms with van der Waals surface area (Å²) in [5.41, 5.74) is 1.06. The molecule has 1 fully saturated rings. The number of carbonyl (C=O) groups is 1. The summed E-state index contributed by atoms with van der Waals surface area (Å²) >= 11 is 3.37. The summed E-state index contributed by atoms with van der Waals surface area (Å²) in [6.45, 7) is 1.16. The van der Waals surface area contributed by atoms with E-state index in [-0.39, 0.29) is 12.1 Å². The molecule has 4 nitrogen and oxygen atoms in total. The van der Waals surface area contributed by atoms with Crippen LogP contribution in [0.5, 0.6) is 0 Å². The number of hydrogen-bond donors (Lipinski definition) is 3. The molecule has 0 radical (unpaired) electrons. The lowest BCUT2D eigenvalue weighted by Gasteiger charge is -2.12. The molecule has 0 spiro atoms. The van der Waals surface area contributed by atoms with E-state index in [0.717, 1.165) is 29.3 Å². The SMILES string of the molecule is O=C(NCc1ccc(Br)cc1)NC[C@@H]1CC[C@@H](O)C1. The molecule has 3 N–H and O–H groups in total. The molecule has 2 atom stereocenters. The maximum atomic E-state index is 11.6. The fourth-order valence-corrected chi connectivity index (χ4v) is 2.58. The predicted molar refractivity (Wildman–Crippen MR) is 77.7 cm³/mol. The summed E-state index contributed by atoms with van der Waals surface area (Å²) in [6.07, 6.45) is 2.46. The van der Waals surface area contributed by atoms with E-state index in [1.165, 1.54) is 0 Å². The van der Waals surface area contributed by atoms with Crippen LogP contribution in [0, 0.1) is 5.92 Å². The molecule has 1 aliphatic carbocycles. The molecule has 0 unspecified atom stereocenters. The Morgan fingerprint density at radius 3 is 2.63 bits per heavy atom. The van der Waals surface area contributed by atoms with E-state index in [1.807, 2.05) is 24.3 Å². The van der Waals surface area contributed by atoms with Crippen molar-refractivity contribution in [2.24, 2.45) is 5.92 Å². The Bertz CT molecular complexity index is 422. The summed E-state index contributed by atoms with van der Waals surface area (Å²) < 4.78 is 1.03. The first-order valence-electron chi connectivity index (χ1n) is 6.57. The Morgan fingerprint density at radius 1 is 1.26 bits per heavy atom. The maximum absolute atomic E-state index is 11.6. The second kappa shape index (κ2) is 6.91. The van der Waals surface area contributed by atoms with Crippen LogP contribution in [0.2, 0.25) is 0 Å². The monoisotopic (exact) mass is 326 g/mol. The van der Waals surface area contributed by atoms with Crippen LogP contribution in [0.3, 0.4) is 0 Å². The molecule has 1 aliphatic rings. The summed E-state index contributed by atoms with van der Waals surface area (Å²) in [5, 5.41) is 15.1. The van der Waals surface area contributed by atoms with Gasteiger partial charge in [0.2, 0.25) is 0 Å². The molecule has 104 valence electrons. The standard InChI is InChI=1S/C14H19BrN2O2/c15-12-4-1-10(2-5-12)8-16-14(19)17-9-11-3-6-13(18)7-11/h1-2,4-5,11,13,18H,3,6-9H2,(H2,16,17,19)/t11-,13-/m1/s1. The number of nitrogens with one attached hydrogen (secondary N) is 2. The minimum atomic E-state index is -0.183. The first kappa shape index (κ1) is 14.3. The van der Waals surface area contributed by atoms with Crippen LogP contribution in [0.1, 0.15) is 24.8 Å². The number of urea groups is 1. The third kappa shape index (κ3) is 4.84. The molecule has 0 aliphatic heterocycles. The molecule has 0 aromatic heterocycles. The van der Waals surface area contributed by atoms with Gasteiger partial charge in [0.25, 0.3) is 0 Å². The van der Waals surface area contributed by atoms with Gasteiger partial charge in [0.1, 0.15) is 0 Å². The van der Waals surface area contributed by atoms with Crippen LogP contribution in [-0.2, 0) is 6.54 Å². The number of rotatable bonds is 4. The number of amides is 2. The lowest BCUT2D eigenvalue weighted by atomic mass is 10.1. The van der Waals surface area contributed by atoms with E-state index in [4.69, 9.17) is 0 Å². The quantitative estimate of drug-likeness (QED) is 0.795. The molecular weight excluding hydrogens is 308 g/mol. The number of benzene rings is 1. The van der Waals surface area contributed by atoms with Gasteiger partial charge in [0.15, 0.2) is 0 Å². The molecule has 2 rings (SSSR count). The number of halogens is 1. The summed E-state index contributed by atoms with van der Waals surface area (Å²) in [5.74, 6) is 0.411. The molecular formula is C14H19BrN2O2. The van der Waals surface area contributed by atoms with E-state index in [2.05, 4.69) is 26.6 Å². The van der Waals surface area contributed by atoms with Crippen LogP contribution < -0.4 is 10.6 Å². The average Bonchev–Trinajstić information content (AvgIpc) is 2.81. The topological polar surface area (TPSA) is 61.4 Å². The summed E-state index contributed by atoms with van der Waals surface area (Å²) in [6, 6.07) is 7.70. The predicted octanol–water partition coefficient (Wildman–Crippen LogP) is 2.41. The Hall–Kier alpha value is -1.07. The second-order valence-electron chi connectivity index (χ2n) is 5.02. The van der Waals surface area contributed by atoms with Crippen LogP contribution in [0.4, 0.5) is 4.79 Å². The van der Waals surface area contributed by atoms with Crippen molar-refractivity contribution >= 4 is 22.0 Å². The van der Waals surface area contributed by atoms with Gasteiger partial charge in [0.05, 0.1) is 6.10 Å². The highest BCUT2D eigenvalue weighted by molar-refractivity contribution is 9.10. The van der Waals surface area contributed by atoms with E-state index < -0.39 is 0 Å². The zero-order chi connectivity index (χ0) is 13.7. The third-order valence-corrected chi connectivity index (χ3v) is 3.96. The maximum Gasteiger partial charge on any atom is 0.315 e. The second-order valence-corrected chi connectivity index (χ2v) is 5.94. The van der Waals surface area contributed by atoms with Crippen molar-refractivity contribution < 1.29 is 9.90 Å². The van der Waals surface area contributed by atoms with Crippen LogP contribution in [-0.4, -0.2) is 23.8 Å². The van der Waals surface area contributed by atoms with E-state index in [0.29, 0.717) is 19.0 Å². The Kier molecular flexibility index (Phi) is 5.22. The van der Waals surface area contributed by atoms with E-state index in [9.17, 15) is 9.90 Å². The fraction of sp³-hybridized carbons (Fsp3) is 0.500. The first-order chi connectivity index (χ1) is 9.13. The highest BCUT2D eigenvalue weighted by Crippen LogP contribution is 2.24. The molecule has 2 amide bonds. The van der Waals surface area contributed by atoms with Gasteiger partial charge in [-0.1, -0.05) is 28.1 Å². The van der Waals surface area contributed by atoms with E-state index in [1.54, 1.807) is 0 Å². The number of carbonyl (C=O) groups excluding carboxylic acids is 1. The Balaban J connectivity index is 1.65. The van der Waals surface area contributed by atoms with E-state index >= 15 is 0 Å². The first-order valence-corrected chi connectivity index (χ1v) is 7.37. The van der Waals surface area contributed by atoms with Crippen molar-refractivity contribution in [3.63, 3.8) is 0 Å². The third-order valence-electron chi connectivity index (χ3n) is 3.43. The van der Waals surface area contributed by atoms with Crippen molar-refractivity contribution in [3.8, 4) is 0 Å². The van der Waals surface area contributed by atoms with Gasteiger partial charge in [-0.2, -0.15) is 0 Å². The Labute approximate surface area is 121 Å². The van der Waals surface area contributed by atoms with Gasteiger partial charge >= 0.3 is 6.03 Å². The zero-order valence-corrected chi connectivity index (χ0v) is 12.3. The normalized spacial score (nSPS) is 22.2. The van der Waals surface area contributed by atoms with Gasteiger partial charge in [-0.15, -0.1) is 0 Å². The zero-order valence-electron chi connectivity index (χ0n) is 10.7. The van der Waals surface area contributed by atoms with Crippen LogP contribution in [0.15, 0.2) is 28.7 Å². The van der Waals surface area contributed by atoms with Crippen molar-refractivity contribution in [2.45, 2.75) is 31.9 Å². The summed E-state index contributed by atoms with van der Waals surface area (Å²) in [7, 11) is 0. The molecule has 5 heteroatoms. The van der Waals surface area contributed by atoms with Gasteiger partial charge in [-0.25, -0.2) is 4.79 Å². The number of hydrogen-bond acceptors (Lipinski definition) is 2. The van der Waals surface area contributed by atoms with Gasteiger partial charge in [0, 0.05) is 17.6 Å². The van der Waals surface area contributed by atoms with Gasteiger partial charge in [-0.05, 0) is 42.9 Å². The summed E-state index contributed by atoms with van der Waals surface area (Å²) in [4.78, 5) is 11.6. The molecule has 0 saturated heterocycles. The van der Waals surface area contributed by atoms with Crippen molar-refractivity contribution in [3.05, 3.63) is 34.3 Å². The van der Waals surface area contributed by atoms with Gasteiger partial charge < -0.3 is 15.7 Å². The largest absolute Gasteiger partial charge is 0.393 e. The molecule has 1 aromatic carbocycles. The fourth-order valence-electron chi connectivity index (χ4n) is 2.32. The molecule has 0 bridgehead atoms.